The summed E-state index contributed by atoms with van der Waals surface area (Å²) in [5.74, 6) is 0.991. The maximum atomic E-state index is 14.0. The first-order valence-electron chi connectivity index (χ1n) is 11.9. The van der Waals surface area contributed by atoms with Gasteiger partial charge < -0.3 is 19.9 Å². The molecule has 0 saturated carbocycles. The van der Waals surface area contributed by atoms with Crippen molar-refractivity contribution >= 4 is 32.7 Å². The normalized spacial score (nSPS) is 21.7. The van der Waals surface area contributed by atoms with Crippen molar-refractivity contribution in [3.8, 4) is 5.75 Å². The number of fused-ring (bicyclic) bond motifs is 4. The molecule has 0 spiro atoms. The zero-order chi connectivity index (χ0) is 24.9. The van der Waals surface area contributed by atoms with E-state index in [4.69, 9.17) is 0 Å². The number of nitrogens with one attached hydrogen (secondary N) is 1. The molecule has 2 N–H and O–H groups in total. The highest BCUT2D eigenvalue weighted by Gasteiger charge is 2.57. The predicted octanol–water partition coefficient (Wildman–Crippen LogP) is 5.16. The van der Waals surface area contributed by atoms with Crippen LogP contribution in [-0.4, -0.2) is 62.9 Å². The number of amides is 1. The van der Waals surface area contributed by atoms with Gasteiger partial charge in [-0.3, -0.25) is 9.69 Å². The first kappa shape index (κ1) is 23.7. The summed E-state index contributed by atoms with van der Waals surface area (Å²) < 4.78 is 1.00. The molecule has 2 atom stereocenters. The minimum absolute atomic E-state index is 0.0778. The fraction of sp³-hybridized carbons (Fsp3) is 0.321. The molecule has 7 heteroatoms. The van der Waals surface area contributed by atoms with Crippen LogP contribution in [0.4, 0.5) is 0 Å². The quantitative estimate of drug-likeness (QED) is 0.411. The molecular weight excluding hydrogens is 504 g/mol. The van der Waals surface area contributed by atoms with Crippen molar-refractivity contribution in [2.75, 3.05) is 26.7 Å². The molecular formula is C28H31BrN4O2. The van der Waals surface area contributed by atoms with Crippen LogP contribution in [-0.2, 0) is 11.2 Å². The van der Waals surface area contributed by atoms with Crippen molar-refractivity contribution in [3.63, 3.8) is 0 Å². The van der Waals surface area contributed by atoms with Crippen molar-refractivity contribution in [1.82, 2.24) is 19.7 Å². The lowest BCUT2D eigenvalue weighted by atomic mass is 9.81. The SMILES string of the molecule is C=CCN(C)CCCN1C(=C)N2[C@H](c3cccc(O)c3)c3[nH]c4ccc(Br)cc4c3C[C@@]2(C)C1=O. The summed E-state index contributed by atoms with van der Waals surface area (Å²) in [4.78, 5) is 23.8. The largest absolute Gasteiger partial charge is 0.508 e. The first-order chi connectivity index (χ1) is 16.7. The van der Waals surface area contributed by atoms with Crippen LogP contribution in [0.1, 0.15) is 36.2 Å². The number of benzene rings is 2. The van der Waals surface area contributed by atoms with Gasteiger partial charge in [0, 0.05) is 40.6 Å². The number of nitrogens with zero attached hydrogens (tertiary/aromatic N) is 3. The Morgan fingerprint density at radius 3 is 2.86 bits per heavy atom. The van der Waals surface area contributed by atoms with Crippen LogP contribution in [0.2, 0.25) is 0 Å². The van der Waals surface area contributed by atoms with Crippen LogP contribution in [0.3, 0.4) is 0 Å². The maximum absolute atomic E-state index is 14.0. The smallest absolute Gasteiger partial charge is 0.254 e. The highest BCUT2D eigenvalue weighted by molar-refractivity contribution is 9.10. The van der Waals surface area contributed by atoms with Crippen molar-refractivity contribution in [3.05, 3.63) is 88.8 Å². The molecule has 0 unspecified atom stereocenters. The Morgan fingerprint density at radius 2 is 2.11 bits per heavy atom. The Labute approximate surface area is 214 Å². The Kier molecular flexibility index (Phi) is 6.01. The molecule has 1 saturated heterocycles. The van der Waals surface area contributed by atoms with Crippen LogP contribution in [0.15, 0.2) is 72.0 Å². The van der Waals surface area contributed by atoms with E-state index in [0.717, 1.165) is 51.7 Å². The maximum Gasteiger partial charge on any atom is 0.254 e. The number of phenolic OH excluding ortho intramolecular Hbond substituents is 1. The van der Waals surface area contributed by atoms with Crippen LogP contribution < -0.4 is 0 Å². The standard InChI is InChI=1S/C28H31BrN4O2/c1-5-12-31(4)13-7-14-32-18(2)33-26(19-8-6-9-21(34)15-19)25-23(17-28(33,3)27(32)35)22-16-20(29)10-11-24(22)30-25/h5-6,8-11,15-16,26,30,34H,1-2,7,12-14,17H2,3-4H3/t26-,28+/m1/s1. The number of aromatic amines is 1. The van der Waals surface area contributed by atoms with Gasteiger partial charge in [0.25, 0.3) is 5.91 Å². The Balaban J connectivity index is 1.59. The monoisotopic (exact) mass is 534 g/mol. The molecule has 3 aromatic rings. The van der Waals surface area contributed by atoms with Crippen LogP contribution in [0.25, 0.3) is 10.9 Å². The molecule has 182 valence electrons. The number of carbonyl (C=O) groups excluding carboxylic acids is 1. The molecule has 1 aromatic heterocycles. The van der Waals surface area contributed by atoms with Crippen LogP contribution in [0.5, 0.6) is 5.75 Å². The van der Waals surface area contributed by atoms with E-state index < -0.39 is 5.54 Å². The van der Waals surface area contributed by atoms with Gasteiger partial charge in [0.2, 0.25) is 0 Å². The topological polar surface area (TPSA) is 62.8 Å². The second-order valence-electron chi connectivity index (χ2n) is 9.80. The number of carbonyl (C=O) groups is 1. The second kappa shape index (κ2) is 8.88. The highest BCUT2D eigenvalue weighted by Crippen LogP contribution is 2.51. The van der Waals surface area contributed by atoms with Gasteiger partial charge in [-0.15, -0.1) is 6.58 Å². The van der Waals surface area contributed by atoms with Crippen LogP contribution in [0, 0.1) is 0 Å². The molecule has 0 aliphatic carbocycles. The number of likely N-dealkylation sites (N-methyl/N-ethyl adjacent to an activating group) is 1. The molecule has 2 aliphatic rings. The molecule has 2 aliphatic heterocycles. The molecule has 1 amide bonds. The fourth-order valence-corrected chi connectivity index (χ4v) is 6.07. The lowest BCUT2D eigenvalue weighted by Gasteiger charge is -2.44. The summed E-state index contributed by atoms with van der Waals surface area (Å²) in [5.41, 5.74) is 3.37. The average Bonchev–Trinajstić information content (AvgIpc) is 3.25. The van der Waals surface area contributed by atoms with E-state index in [2.05, 4.69) is 63.1 Å². The Morgan fingerprint density at radius 1 is 1.31 bits per heavy atom. The summed E-state index contributed by atoms with van der Waals surface area (Å²) in [5, 5.41) is 11.4. The Hall–Kier alpha value is -3.03. The molecule has 2 aromatic carbocycles. The third-order valence-electron chi connectivity index (χ3n) is 7.33. The third kappa shape index (κ3) is 3.87. The Bertz CT molecular complexity index is 1330. The van der Waals surface area contributed by atoms with Gasteiger partial charge in [-0.1, -0.05) is 40.7 Å². The fourth-order valence-electron chi connectivity index (χ4n) is 5.71. The molecule has 3 heterocycles. The molecule has 0 radical (unpaired) electrons. The van der Waals surface area contributed by atoms with Gasteiger partial charge in [0.1, 0.15) is 17.1 Å². The number of H-pyrrole nitrogens is 1. The number of aromatic nitrogens is 1. The number of rotatable bonds is 7. The molecule has 0 bridgehead atoms. The minimum Gasteiger partial charge on any atom is -0.508 e. The van der Waals surface area contributed by atoms with Crippen molar-refractivity contribution in [2.45, 2.75) is 31.3 Å². The van der Waals surface area contributed by atoms with Crippen molar-refractivity contribution < 1.29 is 9.90 Å². The molecule has 35 heavy (non-hydrogen) atoms. The number of halogens is 1. The second-order valence-corrected chi connectivity index (χ2v) is 10.7. The van der Waals surface area contributed by atoms with E-state index in [1.807, 2.05) is 36.1 Å². The molecule has 6 nitrogen and oxygen atoms in total. The molecule has 5 rings (SSSR count). The minimum atomic E-state index is -0.773. The average molecular weight is 535 g/mol. The lowest BCUT2D eigenvalue weighted by molar-refractivity contribution is -0.133. The lowest BCUT2D eigenvalue weighted by Crippen LogP contribution is -2.52. The number of phenols is 1. The summed E-state index contributed by atoms with van der Waals surface area (Å²) in [6.07, 6.45) is 3.31. The van der Waals surface area contributed by atoms with E-state index in [0.29, 0.717) is 18.8 Å². The van der Waals surface area contributed by atoms with Gasteiger partial charge in [0.15, 0.2) is 0 Å². The van der Waals surface area contributed by atoms with Gasteiger partial charge in [0.05, 0.1) is 6.04 Å². The van der Waals surface area contributed by atoms with Gasteiger partial charge in [-0.2, -0.15) is 0 Å². The zero-order valence-corrected chi connectivity index (χ0v) is 21.8. The number of aromatic hydroxyl groups is 1. The van der Waals surface area contributed by atoms with Crippen LogP contribution >= 0.6 is 15.9 Å². The van der Waals surface area contributed by atoms with Gasteiger partial charge in [-0.25, -0.2) is 0 Å². The van der Waals surface area contributed by atoms with E-state index >= 15 is 0 Å². The summed E-state index contributed by atoms with van der Waals surface area (Å²) in [6.45, 7) is 12.5. The summed E-state index contributed by atoms with van der Waals surface area (Å²) in [7, 11) is 2.06. The third-order valence-corrected chi connectivity index (χ3v) is 7.82. The zero-order valence-electron chi connectivity index (χ0n) is 20.2. The van der Waals surface area contributed by atoms with Gasteiger partial charge >= 0.3 is 0 Å². The summed E-state index contributed by atoms with van der Waals surface area (Å²) >= 11 is 3.61. The number of hydrogen-bond acceptors (Lipinski definition) is 4. The van der Waals surface area contributed by atoms with E-state index in [1.54, 1.807) is 12.1 Å². The van der Waals surface area contributed by atoms with E-state index in [9.17, 15) is 9.90 Å². The van der Waals surface area contributed by atoms with Crippen molar-refractivity contribution in [1.29, 1.82) is 0 Å². The predicted molar refractivity (Wildman–Crippen MR) is 143 cm³/mol. The number of hydrogen-bond donors (Lipinski definition) is 2. The van der Waals surface area contributed by atoms with E-state index in [1.165, 1.54) is 0 Å². The van der Waals surface area contributed by atoms with Crippen molar-refractivity contribution in [2.24, 2.45) is 0 Å². The first-order valence-corrected chi connectivity index (χ1v) is 12.7. The molecule has 1 fully saturated rings. The van der Waals surface area contributed by atoms with E-state index in [-0.39, 0.29) is 17.7 Å². The highest BCUT2D eigenvalue weighted by atomic mass is 79.9. The van der Waals surface area contributed by atoms with Gasteiger partial charge in [-0.05, 0) is 68.4 Å². The summed E-state index contributed by atoms with van der Waals surface area (Å²) in [6, 6.07) is 13.2.